The first-order valence-electron chi connectivity index (χ1n) is 10.9. The van der Waals surface area contributed by atoms with Gasteiger partial charge in [0.25, 0.3) is 5.56 Å². The molecule has 14 heteroatoms. The topological polar surface area (TPSA) is 128 Å². The Balaban J connectivity index is 1.66. The highest BCUT2D eigenvalue weighted by Gasteiger charge is 2.18. The minimum Gasteiger partial charge on any atom is -0.329 e. The van der Waals surface area contributed by atoms with Crippen LogP contribution in [0.15, 0.2) is 69.4 Å². The lowest BCUT2D eigenvalue weighted by atomic mass is 10.2. The summed E-state index contributed by atoms with van der Waals surface area (Å²) in [6, 6.07) is 7.37. The molecule has 192 valence electrons. The molecule has 5 rings (SSSR count). The highest BCUT2D eigenvalue weighted by atomic mass is 35.5. The van der Waals surface area contributed by atoms with E-state index < -0.39 is 47.5 Å². The van der Waals surface area contributed by atoms with Crippen LogP contribution in [0, 0.1) is 17.5 Å². The second kappa shape index (κ2) is 9.94. The fourth-order valence-electron chi connectivity index (χ4n) is 3.74. The van der Waals surface area contributed by atoms with E-state index in [1.807, 2.05) is 0 Å². The van der Waals surface area contributed by atoms with Crippen molar-refractivity contribution in [2.75, 3.05) is 5.32 Å². The molecule has 0 fully saturated rings. The van der Waals surface area contributed by atoms with E-state index in [0.717, 1.165) is 4.57 Å². The Morgan fingerprint density at radius 3 is 2.29 bits per heavy atom. The number of benzene rings is 2. The number of fused-ring (bicyclic) bond motifs is 1. The van der Waals surface area contributed by atoms with Crippen molar-refractivity contribution >= 4 is 34.3 Å². The summed E-state index contributed by atoms with van der Waals surface area (Å²) in [5, 5.41) is 2.94. The lowest BCUT2D eigenvalue weighted by Crippen LogP contribution is -2.43. The normalized spacial score (nSPS) is 11.2. The van der Waals surface area contributed by atoms with Crippen LogP contribution in [0.5, 0.6) is 0 Å². The van der Waals surface area contributed by atoms with Gasteiger partial charge in [-0.3, -0.25) is 19.3 Å². The van der Waals surface area contributed by atoms with Gasteiger partial charge >= 0.3 is 11.4 Å². The van der Waals surface area contributed by atoms with Gasteiger partial charge in [0.05, 0.1) is 34.8 Å². The number of H-pyrrole nitrogens is 1. The average molecular weight is 542 g/mol. The summed E-state index contributed by atoms with van der Waals surface area (Å²) in [7, 11) is 0. The molecule has 5 aromatic rings. The van der Waals surface area contributed by atoms with E-state index in [1.54, 1.807) is 0 Å². The Labute approximate surface area is 215 Å². The van der Waals surface area contributed by atoms with Gasteiger partial charge in [-0.1, -0.05) is 17.7 Å². The van der Waals surface area contributed by atoms with E-state index in [-0.39, 0.29) is 27.8 Å². The van der Waals surface area contributed by atoms with Crippen molar-refractivity contribution in [2.24, 2.45) is 0 Å². The molecule has 3 heterocycles. The first-order chi connectivity index (χ1) is 18.2. The average Bonchev–Trinajstić information content (AvgIpc) is 2.88. The Hall–Kier alpha value is -4.78. The summed E-state index contributed by atoms with van der Waals surface area (Å²) in [5.41, 5.74) is -1.42. The van der Waals surface area contributed by atoms with Gasteiger partial charge in [0.1, 0.15) is 0 Å². The number of aromatic amines is 1. The molecule has 0 unspecified atom stereocenters. The summed E-state index contributed by atoms with van der Waals surface area (Å²) >= 11 is 6.35. The number of rotatable bonds is 6. The lowest BCUT2D eigenvalue weighted by Gasteiger charge is -2.16. The maximum Gasteiger partial charge on any atom is 0.355 e. The highest BCUT2D eigenvalue weighted by Crippen LogP contribution is 2.28. The van der Waals surface area contributed by atoms with Crippen molar-refractivity contribution in [3.05, 3.63) is 120 Å². The fraction of sp³-hybridized carbons (Fsp3) is 0.0833. The molecule has 0 saturated carbocycles. The molecule has 0 atom stereocenters. The van der Waals surface area contributed by atoms with Crippen LogP contribution in [0.3, 0.4) is 0 Å². The van der Waals surface area contributed by atoms with Crippen molar-refractivity contribution in [3.63, 3.8) is 0 Å². The van der Waals surface area contributed by atoms with Crippen molar-refractivity contribution in [1.82, 2.24) is 29.1 Å². The fourth-order valence-corrected chi connectivity index (χ4v) is 3.94. The van der Waals surface area contributed by atoms with E-state index in [0.29, 0.717) is 27.7 Å². The molecule has 0 aliphatic carbocycles. The predicted octanol–water partition coefficient (Wildman–Crippen LogP) is 2.95. The molecule has 0 amide bonds. The third kappa shape index (κ3) is 4.78. The van der Waals surface area contributed by atoms with Crippen LogP contribution in [0.2, 0.25) is 5.02 Å². The number of pyridine rings is 1. The van der Waals surface area contributed by atoms with Gasteiger partial charge in [-0.05, 0) is 35.9 Å². The van der Waals surface area contributed by atoms with Crippen LogP contribution >= 0.6 is 11.6 Å². The van der Waals surface area contributed by atoms with Crippen molar-refractivity contribution in [3.8, 4) is 0 Å². The first kappa shape index (κ1) is 24.9. The zero-order chi connectivity index (χ0) is 27.0. The smallest absolute Gasteiger partial charge is 0.329 e. The molecular weight excluding hydrogens is 527 g/mol. The second-order valence-corrected chi connectivity index (χ2v) is 8.48. The molecule has 0 radical (unpaired) electrons. The highest BCUT2D eigenvalue weighted by molar-refractivity contribution is 6.34. The summed E-state index contributed by atoms with van der Waals surface area (Å²) in [5.74, 6) is -4.92. The molecule has 0 aliphatic rings. The molecule has 0 bridgehead atoms. The van der Waals surface area contributed by atoms with Gasteiger partial charge in [0.2, 0.25) is 5.95 Å². The van der Waals surface area contributed by atoms with Crippen LogP contribution in [0.25, 0.3) is 11.0 Å². The van der Waals surface area contributed by atoms with E-state index in [4.69, 9.17) is 11.6 Å². The minimum atomic E-state index is -1.67. The maximum absolute atomic E-state index is 13.9. The number of halogens is 4. The number of hydrogen-bond acceptors (Lipinski definition) is 7. The standard InChI is InChI=1S/C24H15ClF3N7O3/c25-14-8-18-19(30-5-4-29-18)9-17(14)32-22-33-23(37)35(11-13-2-1-3-31-21(13)36)24(38)34(22)10-12-6-15(26)20(28)16(27)7-12/h1-9H,10-11H2,(H,31,36)(H,32,33,37). The third-order valence-corrected chi connectivity index (χ3v) is 5.88. The number of aromatic nitrogens is 6. The first-order valence-corrected chi connectivity index (χ1v) is 11.3. The zero-order valence-corrected chi connectivity index (χ0v) is 19.8. The molecule has 38 heavy (non-hydrogen) atoms. The number of nitrogens with one attached hydrogen (secondary N) is 2. The molecule has 0 aliphatic heterocycles. The Kier molecular flexibility index (Phi) is 6.51. The van der Waals surface area contributed by atoms with Crippen LogP contribution in [0.1, 0.15) is 11.1 Å². The largest absolute Gasteiger partial charge is 0.355 e. The third-order valence-electron chi connectivity index (χ3n) is 5.57. The maximum atomic E-state index is 13.9. The number of nitrogens with zero attached hydrogens (tertiary/aromatic N) is 5. The van der Waals surface area contributed by atoms with Crippen LogP contribution < -0.4 is 22.3 Å². The van der Waals surface area contributed by atoms with Gasteiger partial charge in [-0.15, -0.1) is 0 Å². The van der Waals surface area contributed by atoms with E-state index in [9.17, 15) is 27.6 Å². The molecule has 10 nitrogen and oxygen atoms in total. The molecule has 0 saturated heterocycles. The number of hydrogen-bond donors (Lipinski definition) is 2. The monoisotopic (exact) mass is 541 g/mol. The van der Waals surface area contributed by atoms with E-state index >= 15 is 0 Å². The second-order valence-electron chi connectivity index (χ2n) is 8.07. The molecule has 0 spiro atoms. The summed E-state index contributed by atoms with van der Waals surface area (Å²) in [6.45, 7) is -0.946. The SMILES string of the molecule is O=c1[nH]cccc1Cn1c(=O)nc(Nc2cc3nccnc3cc2Cl)n(Cc2cc(F)c(F)c(F)c2)c1=O. The van der Waals surface area contributed by atoms with Crippen LogP contribution in [0.4, 0.5) is 24.8 Å². The van der Waals surface area contributed by atoms with Crippen molar-refractivity contribution in [1.29, 1.82) is 0 Å². The minimum absolute atomic E-state index is 0.0933. The van der Waals surface area contributed by atoms with Gasteiger partial charge < -0.3 is 10.3 Å². The van der Waals surface area contributed by atoms with Crippen LogP contribution in [-0.2, 0) is 13.1 Å². The molecule has 2 aromatic carbocycles. The van der Waals surface area contributed by atoms with E-state index in [2.05, 4.69) is 25.3 Å². The summed E-state index contributed by atoms with van der Waals surface area (Å²) < 4.78 is 42.9. The summed E-state index contributed by atoms with van der Waals surface area (Å²) in [6.07, 6.45) is 4.31. The quantitative estimate of drug-likeness (QED) is 0.316. The van der Waals surface area contributed by atoms with Crippen LogP contribution in [-0.4, -0.2) is 29.1 Å². The number of anilines is 2. The molecule has 2 N–H and O–H groups in total. The van der Waals surface area contributed by atoms with Gasteiger partial charge in [0.15, 0.2) is 17.5 Å². The van der Waals surface area contributed by atoms with Gasteiger partial charge in [0, 0.05) is 24.2 Å². The Bertz CT molecular complexity index is 1860. The Morgan fingerprint density at radius 1 is 0.921 bits per heavy atom. The van der Waals surface area contributed by atoms with Crippen molar-refractivity contribution < 1.29 is 13.2 Å². The van der Waals surface area contributed by atoms with Gasteiger partial charge in [-0.2, -0.15) is 4.98 Å². The molecular formula is C24H15ClF3N7O3. The van der Waals surface area contributed by atoms with Gasteiger partial charge in [-0.25, -0.2) is 27.3 Å². The zero-order valence-electron chi connectivity index (χ0n) is 19.1. The Morgan fingerprint density at radius 2 is 1.61 bits per heavy atom. The lowest BCUT2D eigenvalue weighted by molar-refractivity contribution is 0.444. The van der Waals surface area contributed by atoms with Crippen molar-refractivity contribution in [2.45, 2.75) is 13.1 Å². The predicted molar refractivity (Wildman–Crippen MR) is 132 cm³/mol. The van der Waals surface area contributed by atoms with E-state index in [1.165, 1.54) is 42.9 Å². The summed E-state index contributed by atoms with van der Waals surface area (Å²) in [4.78, 5) is 53.2. The molecule has 3 aromatic heterocycles.